The van der Waals surface area contributed by atoms with E-state index in [9.17, 15) is 0 Å². The van der Waals surface area contributed by atoms with Crippen LogP contribution < -0.4 is 0 Å². The van der Waals surface area contributed by atoms with E-state index in [2.05, 4.69) is 0 Å². The van der Waals surface area contributed by atoms with Gasteiger partial charge in [0.05, 0.1) is 0 Å². The zero-order valence-electron chi connectivity index (χ0n) is 38.8. The Hall–Kier alpha value is 20.9. The zero-order chi connectivity index (χ0) is 67.8. The molecule has 0 aromatic heterocycles. The van der Waals surface area contributed by atoms with Crippen LogP contribution in [0.1, 0.15) is 0 Å². The molecule has 95 heteroatoms. The van der Waals surface area contributed by atoms with Gasteiger partial charge in [-0.25, -0.2) is 0 Å². The molecule has 0 spiro atoms. The molecule has 0 radical (unpaired) electrons. The molecule has 0 heterocycles. The minimum atomic E-state index is 1.37. The lowest BCUT2D eigenvalue weighted by Gasteiger charge is -1.41. The summed E-state index contributed by atoms with van der Waals surface area (Å²) in [5.41, 5.74) is 0. The summed E-state index contributed by atoms with van der Waals surface area (Å²) in [4.78, 5) is 0. The van der Waals surface area contributed by atoms with Crippen LogP contribution in [0.2, 0.25) is 0 Å². The molecule has 0 unspecified atom stereocenters. The van der Waals surface area contributed by atoms with Crippen LogP contribution in [-0.4, -0.2) is 0 Å². The lowest BCUT2D eigenvalue weighted by atomic mass is 30.7. The fraction of sp³-hybridized carbons (Fsp3) is 0. The van der Waals surface area contributed by atoms with Crippen molar-refractivity contribution in [2.45, 2.75) is 0 Å². The van der Waals surface area contributed by atoms with Crippen LogP contribution >= 0.6 is 0 Å². The van der Waals surface area contributed by atoms with Crippen molar-refractivity contribution in [3.63, 3.8) is 0 Å². The van der Waals surface area contributed by atoms with Crippen molar-refractivity contribution in [1.82, 2.24) is 0 Å². The van der Waals surface area contributed by atoms with Crippen molar-refractivity contribution in [3.8, 4) is 0 Å². The van der Waals surface area contributed by atoms with E-state index in [1.807, 2.05) is 702 Å². The van der Waals surface area contributed by atoms with Crippen LogP contribution in [0.25, 0.3) is 0 Å². The minimum absolute atomic E-state index is 1.37. The Morgan fingerprint density at radius 3 is 0.116 bits per heavy atom. The monoisotopic (exact) mass is 3040 g/mol. The first-order valence-electron chi connectivity index (χ1n) is 15.7. The summed E-state index contributed by atoms with van der Waals surface area (Å²) >= 11 is 9.66. The Morgan fingerprint density at radius 2 is 0.0842 bits per heavy atom. The van der Waals surface area contributed by atoms with Gasteiger partial charge in [0.1, 0.15) is 0 Å². The second-order valence-corrected chi connectivity index (χ2v) is 171. The fourth-order valence-corrected chi connectivity index (χ4v) is 251. The predicted octanol–water partition coefficient (Wildman–Crippen LogP) is -0.228. The summed E-state index contributed by atoms with van der Waals surface area (Å²) in [7, 11) is 168. The summed E-state index contributed by atoms with van der Waals surface area (Å²) in [6.45, 7) is 0. The number of hydrogen-bond acceptors (Lipinski definition) is 2. The predicted molar refractivity (Wildman–Crippen MR) is 700 cm³/mol. The average molecular weight is 3050 g/mol. The molecule has 0 aromatic carbocycles. The van der Waals surface area contributed by atoms with Crippen LogP contribution in [0.3, 0.4) is 0 Å². The highest BCUT2D eigenvalue weighted by molar-refractivity contribution is 8.87. The van der Waals surface area contributed by atoms with E-state index in [1.54, 1.807) is 107 Å². The van der Waals surface area contributed by atoms with E-state index in [4.69, 9.17) is 22.4 Å². The van der Waals surface area contributed by atoms with Gasteiger partial charge in [0.2, 0.25) is 0 Å². The van der Waals surface area contributed by atoms with Gasteiger partial charge in [-0.3, -0.25) is 0 Å². The normalized spacial score (nSPS) is 7.87. The van der Waals surface area contributed by atoms with Crippen molar-refractivity contribution < 1.29 is 0 Å². The summed E-state index contributed by atoms with van der Waals surface area (Å²) < 4.78 is 0. The maximum Gasteiger partial charge on any atom is 0 e. The highest BCUT2D eigenvalue weighted by Crippen LogP contribution is 1.50. The van der Waals surface area contributed by atoms with Crippen molar-refractivity contribution in [1.29, 1.82) is 0 Å². The van der Waals surface area contributed by atoms with E-state index < -0.39 is 0 Å². The first-order chi connectivity index (χ1) is 47.4. The molecule has 0 aliphatic heterocycles. The zero-order valence-corrected chi connectivity index (χ0v) is 116. The van der Waals surface area contributed by atoms with Gasteiger partial charge in [0.15, 0.2) is 0 Å². The van der Waals surface area contributed by atoms with E-state index in [-0.39, 0.29) is 0 Å². The summed E-state index contributed by atoms with van der Waals surface area (Å²) in [6, 6.07) is 0. The molecule has 0 aliphatic rings. The third kappa shape index (κ3) is 115. The van der Waals surface area contributed by atoms with E-state index in [1.165, 1.54) is 17.8 Å². The highest BCUT2D eigenvalue weighted by Gasteiger charge is 1.50. The molecule has 0 amide bonds. The summed E-state index contributed by atoms with van der Waals surface area (Å²) in [5, 5.41) is 0. The molecule has 0 saturated carbocycles. The Labute approximate surface area is 821 Å². The Bertz CT molecular complexity index is 7060. The third-order valence-electron chi connectivity index (χ3n) is 2.56. The van der Waals surface area contributed by atoms with Gasteiger partial charge in [0.25, 0.3) is 0 Å². The quantitative estimate of drug-likeness (QED) is 0.330. The molecule has 0 fully saturated rings. The van der Waals surface area contributed by atoms with Crippen molar-refractivity contribution in [3.05, 3.63) is 0 Å². The van der Waals surface area contributed by atoms with Crippen LogP contribution in [-0.2, 0) is 848 Å². The topological polar surface area (TPSA) is 0 Å². The van der Waals surface area contributed by atoms with Gasteiger partial charge in [-0.15, -0.1) is 0 Å². The molecular formula is S95. The largest absolute Gasteiger partial charge is 0 e. The smallest absolute Gasteiger partial charge is 0 e. The summed E-state index contributed by atoms with van der Waals surface area (Å²) in [5.74, 6) is 0. The van der Waals surface area contributed by atoms with Gasteiger partial charge >= 0.3 is 0 Å². The van der Waals surface area contributed by atoms with E-state index in [0.717, 1.165) is 0 Å². The molecule has 0 rings (SSSR count). The molecule has 570 valence electrons. The minimum Gasteiger partial charge on any atom is 0 e. The molecule has 0 aliphatic carbocycles. The van der Waals surface area contributed by atoms with Crippen molar-refractivity contribution >= 4 is 848 Å². The average Bonchev–Trinajstić information content (AvgIpc) is 3.59. The van der Waals surface area contributed by atoms with Crippen LogP contribution in [0.15, 0.2) is 0 Å². The molecule has 0 saturated heterocycles. The third-order valence-corrected chi connectivity index (χ3v) is 207. The second-order valence-electron chi connectivity index (χ2n) is 6.33. The van der Waals surface area contributed by atoms with Gasteiger partial charge in [0, 0.05) is 848 Å². The van der Waals surface area contributed by atoms with Gasteiger partial charge < -0.3 is 0 Å². The van der Waals surface area contributed by atoms with Crippen LogP contribution in [0, 0.1) is 0 Å². The molecule has 95 heavy (non-hydrogen) atoms. The first kappa shape index (κ1) is 116. The van der Waals surface area contributed by atoms with Gasteiger partial charge in [-0.2, -0.15) is 0 Å². The van der Waals surface area contributed by atoms with Crippen LogP contribution in [0.5, 0.6) is 0 Å². The Kier molecular flexibility index (Phi) is 140. The molecule has 0 atom stereocenters. The summed E-state index contributed by atoms with van der Waals surface area (Å²) in [6.07, 6.45) is 0. The molecule has 0 N–H and O–H groups in total. The molecular weight excluding hydrogens is 3050 g/mol. The Morgan fingerprint density at radius 1 is 0.0526 bits per heavy atom. The maximum atomic E-state index is 4.83. The van der Waals surface area contributed by atoms with Crippen molar-refractivity contribution in [2.75, 3.05) is 0 Å². The van der Waals surface area contributed by atoms with Crippen LogP contribution in [0.4, 0.5) is 0 Å². The van der Waals surface area contributed by atoms with Gasteiger partial charge in [-0.1, -0.05) is 0 Å². The lowest BCUT2D eigenvalue weighted by Crippen LogP contribution is -1.41. The standard InChI is InChI=1S/S95/c1-3-5-7-9-11-13-15-17-19-21-23-25-27-29-31-33-35-37-39-41-43-45-47-49-51-53-55-57-59-61-63-65-67-69-71-73-75-77-79-81-83-85-87-89-91-93-95-94-92-90-88-86-84-82-80-78-76-74-72-70-68-66-64-62-60-58-56-54-52-50-48-46-44-42-40-38-36-34-32-30-28-26-24-22-20-18-16-14-12-10-8-6-4-2. The number of rotatable bonds is 0. The maximum absolute atomic E-state index is 4.83. The van der Waals surface area contributed by atoms with Crippen molar-refractivity contribution in [2.24, 2.45) is 0 Å². The lowest BCUT2D eigenvalue weighted by molar-refractivity contribution is 5.95. The molecule has 0 aromatic rings. The fourth-order valence-electron chi connectivity index (χ4n) is 1.03. The molecule has 0 nitrogen and oxygen atoms in total. The highest BCUT2D eigenvalue weighted by atomic mass is 33.6. The second kappa shape index (κ2) is 115. The first-order valence-corrected chi connectivity index (χ1v) is 141. The Balaban J connectivity index is 6.18. The van der Waals surface area contributed by atoms with Gasteiger partial charge in [-0.05, 0) is 0 Å². The van der Waals surface area contributed by atoms with E-state index in [0.29, 0.717) is 0 Å². The SMILES string of the molecule is S=S=S=S=S=S=S=S=S=S=S=S=S=S=S=S=S=S=S=S=S=S=S=S=S=S=S=S=S=S=S=S=S=S=S=S=S=S=S=S=S=S=S=S=S=S=S=S=S=S=S=S=S=S=S=S=S=S=S=S=S=S=S=S=S=S=S=S=S=S=S=S=S=S=S=S=S=S=S=S=S=S=S=S=S=S=S=S=S=S=S=S=S=S=S. The number of hydrogen-bond donors (Lipinski definition) is 0. The van der Waals surface area contributed by atoms with E-state index >= 15 is 0 Å². The molecule has 0 bridgehead atoms.